The molecule has 0 radical (unpaired) electrons. The van der Waals surface area contributed by atoms with E-state index >= 15 is 0 Å². The summed E-state index contributed by atoms with van der Waals surface area (Å²) in [5.41, 5.74) is 2.67. The summed E-state index contributed by atoms with van der Waals surface area (Å²) in [6, 6.07) is 24.0. The molecule has 37 heavy (non-hydrogen) atoms. The Kier molecular flexibility index (Phi) is 8.03. The molecule has 7 heteroatoms. The number of anilines is 2. The topological polar surface area (TPSA) is 85.2 Å². The summed E-state index contributed by atoms with van der Waals surface area (Å²) in [5, 5.41) is 10.5. The molecule has 0 aliphatic heterocycles. The van der Waals surface area contributed by atoms with Crippen LogP contribution in [0.4, 0.5) is 11.4 Å². The molecular weight excluding hydrogens is 464 g/mol. The summed E-state index contributed by atoms with van der Waals surface area (Å²) in [6.45, 7) is 8.88. The first kappa shape index (κ1) is 25.7. The van der Waals surface area contributed by atoms with Crippen molar-refractivity contribution in [1.82, 2.24) is 15.1 Å². The van der Waals surface area contributed by atoms with Crippen LogP contribution in [0.15, 0.2) is 89.9 Å². The number of rotatable bonds is 9. The van der Waals surface area contributed by atoms with Crippen molar-refractivity contribution < 1.29 is 9.53 Å². The lowest BCUT2D eigenvalue weighted by molar-refractivity contribution is 0.0949. The van der Waals surface area contributed by atoms with Crippen molar-refractivity contribution in [2.75, 3.05) is 11.9 Å². The van der Waals surface area contributed by atoms with Gasteiger partial charge >= 0.3 is 0 Å². The first-order valence-corrected chi connectivity index (χ1v) is 12.4. The number of nitrogens with one attached hydrogen (secondary N) is 2. The predicted octanol–water partition coefficient (Wildman–Crippen LogP) is 6.28. The monoisotopic (exact) mass is 496 g/mol. The van der Waals surface area contributed by atoms with Gasteiger partial charge in [0.05, 0.1) is 11.9 Å². The summed E-state index contributed by atoms with van der Waals surface area (Å²) >= 11 is 0. The van der Waals surface area contributed by atoms with E-state index in [-0.39, 0.29) is 22.9 Å². The third-order valence-corrected chi connectivity index (χ3v) is 5.76. The van der Waals surface area contributed by atoms with Gasteiger partial charge in [0, 0.05) is 17.8 Å². The molecule has 0 aliphatic carbocycles. The van der Waals surface area contributed by atoms with Crippen LogP contribution in [0.2, 0.25) is 0 Å². The Morgan fingerprint density at radius 3 is 2.43 bits per heavy atom. The molecule has 0 fully saturated rings. The smallest absolute Gasteiger partial charge is 0.299 e. The summed E-state index contributed by atoms with van der Waals surface area (Å²) in [5.74, 6) is 1.39. The average Bonchev–Trinajstić information content (AvgIpc) is 2.90. The van der Waals surface area contributed by atoms with Gasteiger partial charge in [-0.15, -0.1) is 0 Å². The third-order valence-electron chi connectivity index (χ3n) is 5.76. The van der Waals surface area contributed by atoms with Crippen molar-refractivity contribution in [3.8, 4) is 17.2 Å². The van der Waals surface area contributed by atoms with Crippen LogP contribution in [0, 0.1) is 5.92 Å². The van der Waals surface area contributed by atoms with E-state index in [1.165, 1.54) is 10.9 Å². The number of amides is 1. The number of carbonyl (C=O) groups is 1. The highest BCUT2D eigenvalue weighted by molar-refractivity contribution is 5.95. The SMILES string of the molecule is CC(C)CNC(=O)c1cccc(Nc2c(Oc3cccc(C(C)C)c3)cnn(-c3ccccc3)c2=O)c1. The largest absolute Gasteiger partial charge is 0.453 e. The quantitative estimate of drug-likeness (QED) is 0.285. The van der Waals surface area contributed by atoms with Crippen molar-refractivity contribution in [3.63, 3.8) is 0 Å². The molecule has 0 aliphatic rings. The van der Waals surface area contributed by atoms with E-state index in [9.17, 15) is 9.59 Å². The van der Waals surface area contributed by atoms with Gasteiger partial charge in [0.1, 0.15) is 5.75 Å². The van der Waals surface area contributed by atoms with E-state index in [2.05, 4.69) is 29.6 Å². The Balaban J connectivity index is 1.72. The van der Waals surface area contributed by atoms with Gasteiger partial charge < -0.3 is 15.4 Å². The molecule has 0 spiro atoms. The molecule has 0 unspecified atom stereocenters. The summed E-state index contributed by atoms with van der Waals surface area (Å²) in [6.07, 6.45) is 1.53. The lowest BCUT2D eigenvalue weighted by Gasteiger charge is -2.16. The number of aromatic nitrogens is 2. The molecule has 4 rings (SSSR count). The first-order chi connectivity index (χ1) is 17.8. The van der Waals surface area contributed by atoms with E-state index in [0.29, 0.717) is 41.1 Å². The van der Waals surface area contributed by atoms with E-state index in [1.54, 1.807) is 24.3 Å². The maximum absolute atomic E-state index is 13.6. The van der Waals surface area contributed by atoms with Crippen LogP contribution in [0.25, 0.3) is 5.69 Å². The fraction of sp³-hybridized carbons (Fsp3) is 0.233. The Hall–Kier alpha value is -4.39. The average molecular weight is 497 g/mol. The predicted molar refractivity (Wildman–Crippen MR) is 147 cm³/mol. The molecule has 0 atom stereocenters. The molecule has 1 aromatic heterocycles. The second-order valence-electron chi connectivity index (χ2n) is 9.58. The second kappa shape index (κ2) is 11.6. The van der Waals surface area contributed by atoms with Gasteiger partial charge in [-0.25, -0.2) is 0 Å². The number of carbonyl (C=O) groups excluding carboxylic acids is 1. The molecule has 0 saturated heterocycles. The van der Waals surface area contributed by atoms with E-state index < -0.39 is 0 Å². The Bertz CT molecular complexity index is 1430. The highest BCUT2D eigenvalue weighted by Crippen LogP contribution is 2.30. The van der Waals surface area contributed by atoms with Gasteiger partial charge in [0.15, 0.2) is 11.4 Å². The summed E-state index contributed by atoms with van der Waals surface area (Å²) in [7, 11) is 0. The van der Waals surface area contributed by atoms with Gasteiger partial charge in [-0.3, -0.25) is 9.59 Å². The van der Waals surface area contributed by atoms with Crippen LogP contribution in [-0.4, -0.2) is 22.2 Å². The molecule has 1 heterocycles. The Morgan fingerprint density at radius 1 is 0.946 bits per heavy atom. The number of ether oxygens (including phenoxy) is 1. The fourth-order valence-corrected chi connectivity index (χ4v) is 3.73. The summed E-state index contributed by atoms with van der Waals surface area (Å²) < 4.78 is 7.49. The maximum Gasteiger partial charge on any atom is 0.299 e. The Labute approximate surface area is 217 Å². The van der Waals surface area contributed by atoms with Crippen LogP contribution in [-0.2, 0) is 0 Å². The zero-order valence-electron chi connectivity index (χ0n) is 21.6. The van der Waals surface area contributed by atoms with Crippen molar-refractivity contribution in [2.45, 2.75) is 33.6 Å². The first-order valence-electron chi connectivity index (χ1n) is 12.4. The van der Waals surface area contributed by atoms with Crippen molar-refractivity contribution in [3.05, 3.63) is 107 Å². The molecule has 1 amide bonds. The van der Waals surface area contributed by atoms with Gasteiger partial charge in [0.25, 0.3) is 11.5 Å². The van der Waals surface area contributed by atoms with Crippen molar-refractivity contribution in [2.24, 2.45) is 5.92 Å². The van der Waals surface area contributed by atoms with Crippen LogP contribution in [0.5, 0.6) is 11.5 Å². The van der Waals surface area contributed by atoms with Gasteiger partial charge in [-0.2, -0.15) is 9.78 Å². The minimum Gasteiger partial charge on any atom is -0.453 e. The lowest BCUT2D eigenvalue weighted by atomic mass is 10.0. The molecule has 7 nitrogen and oxygen atoms in total. The van der Waals surface area contributed by atoms with Gasteiger partial charge in [-0.1, -0.05) is 64.1 Å². The standard InChI is InChI=1S/C30H32N4O3/c1-20(2)18-31-29(35)23-11-8-12-24(16-23)33-28-27(37-26-15-9-10-22(17-26)21(3)4)19-32-34(30(28)36)25-13-6-5-7-14-25/h5-17,19-21,33H,18H2,1-4H3,(H,31,35). The molecule has 0 saturated carbocycles. The minimum absolute atomic E-state index is 0.171. The third kappa shape index (κ3) is 6.44. The molecule has 0 bridgehead atoms. The van der Waals surface area contributed by atoms with Crippen LogP contribution >= 0.6 is 0 Å². The van der Waals surface area contributed by atoms with Gasteiger partial charge in [-0.05, 0) is 59.9 Å². The number of hydrogen-bond acceptors (Lipinski definition) is 5. The number of hydrogen-bond donors (Lipinski definition) is 2. The lowest BCUT2D eigenvalue weighted by Crippen LogP contribution is -2.27. The highest BCUT2D eigenvalue weighted by Gasteiger charge is 2.17. The zero-order chi connectivity index (χ0) is 26.4. The molecule has 190 valence electrons. The number of benzene rings is 3. The van der Waals surface area contributed by atoms with Crippen LogP contribution in [0.3, 0.4) is 0 Å². The zero-order valence-corrected chi connectivity index (χ0v) is 21.6. The number of para-hydroxylation sites is 1. The molecule has 3 aromatic carbocycles. The van der Waals surface area contributed by atoms with Crippen LogP contribution < -0.4 is 20.9 Å². The minimum atomic E-state index is -0.377. The molecule has 2 N–H and O–H groups in total. The Morgan fingerprint density at radius 2 is 1.70 bits per heavy atom. The van der Waals surface area contributed by atoms with Gasteiger partial charge in [0.2, 0.25) is 0 Å². The summed E-state index contributed by atoms with van der Waals surface area (Å²) in [4.78, 5) is 26.3. The number of nitrogens with zero attached hydrogens (tertiary/aromatic N) is 2. The van der Waals surface area contributed by atoms with Crippen molar-refractivity contribution in [1.29, 1.82) is 0 Å². The fourth-order valence-electron chi connectivity index (χ4n) is 3.73. The molecule has 4 aromatic rings. The van der Waals surface area contributed by atoms with E-state index in [4.69, 9.17) is 4.74 Å². The molecular formula is C30H32N4O3. The van der Waals surface area contributed by atoms with Crippen LogP contribution in [0.1, 0.15) is 49.5 Å². The second-order valence-corrected chi connectivity index (χ2v) is 9.58. The highest BCUT2D eigenvalue weighted by atomic mass is 16.5. The van der Waals surface area contributed by atoms with Crippen molar-refractivity contribution >= 4 is 17.3 Å². The van der Waals surface area contributed by atoms with E-state index in [1.807, 2.05) is 68.4 Å². The normalized spacial score (nSPS) is 11.0. The van der Waals surface area contributed by atoms with E-state index in [0.717, 1.165) is 5.56 Å². The maximum atomic E-state index is 13.6.